The van der Waals surface area contributed by atoms with Crippen molar-refractivity contribution in [1.29, 1.82) is 0 Å². The molecule has 170 valence electrons. The van der Waals surface area contributed by atoms with Crippen LogP contribution in [-0.2, 0) is 6.54 Å². The smallest absolute Gasteiger partial charge is 0.405 e. The summed E-state index contributed by atoms with van der Waals surface area (Å²) >= 11 is 3.66. The molecule has 4 heterocycles. The molecule has 3 aromatic heterocycles. The van der Waals surface area contributed by atoms with Gasteiger partial charge in [-0.3, -0.25) is 9.88 Å². The van der Waals surface area contributed by atoms with Gasteiger partial charge in [-0.2, -0.15) is 0 Å². The summed E-state index contributed by atoms with van der Waals surface area (Å²) in [7, 11) is 0. The molecule has 3 aromatic rings. The molecule has 1 amide bonds. The van der Waals surface area contributed by atoms with E-state index in [-0.39, 0.29) is 5.41 Å². The Balaban J connectivity index is 1.58. The monoisotopic (exact) mass is 501 g/mol. The summed E-state index contributed by atoms with van der Waals surface area (Å²) in [4.78, 5) is 32.8. The molecule has 1 atom stereocenters. The van der Waals surface area contributed by atoms with Gasteiger partial charge in [-0.1, -0.05) is 26.8 Å². The first-order valence-electron chi connectivity index (χ1n) is 10.6. The van der Waals surface area contributed by atoms with Crippen molar-refractivity contribution in [2.24, 2.45) is 5.41 Å². The number of halogens is 1. The van der Waals surface area contributed by atoms with E-state index in [4.69, 9.17) is 0 Å². The number of hydrogen-bond acceptors (Lipinski definition) is 6. The molecule has 1 saturated heterocycles. The fourth-order valence-electron chi connectivity index (χ4n) is 4.08. The molecule has 1 fully saturated rings. The third kappa shape index (κ3) is 4.86. The van der Waals surface area contributed by atoms with E-state index in [1.807, 2.05) is 33.0 Å². The van der Waals surface area contributed by atoms with Crippen LogP contribution in [0.4, 0.5) is 10.5 Å². The van der Waals surface area contributed by atoms with E-state index < -0.39 is 12.1 Å². The number of H-pyrrole nitrogens is 1. The Morgan fingerprint density at radius 3 is 2.66 bits per heavy atom. The zero-order valence-electron chi connectivity index (χ0n) is 18.5. The lowest BCUT2D eigenvalue weighted by Crippen LogP contribution is -2.46. The topological polar surface area (TPSA) is 110 Å². The number of carboxylic acid groups (broad SMARTS) is 1. The van der Waals surface area contributed by atoms with Gasteiger partial charge in [0.25, 0.3) is 0 Å². The number of piperazine rings is 1. The number of imidazole rings is 1. The Labute approximate surface area is 195 Å². The fraction of sp³-hybridized carbons (Fsp3) is 0.455. The highest BCUT2D eigenvalue weighted by atomic mass is 79.9. The van der Waals surface area contributed by atoms with Crippen LogP contribution in [0.25, 0.3) is 11.2 Å². The Kier molecular flexibility index (Phi) is 6.34. The molecular weight excluding hydrogens is 474 g/mol. The van der Waals surface area contributed by atoms with Crippen LogP contribution >= 0.6 is 15.9 Å². The highest BCUT2D eigenvalue weighted by molar-refractivity contribution is 9.10. The standard InChI is InChI=1S/C22H28BrN7O2/c1-22(2,3)18(27-21(31)32)20-26-16-17(15(23)12-25-19(16)28-20)30-9-7-29(8-10-30)13-14-5-4-6-24-11-14/h4-6,11-12,18,27H,7-10,13H2,1-3H3,(H,31,32)(H,25,26,28). The summed E-state index contributed by atoms with van der Waals surface area (Å²) in [6.45, 7) is 10.4. The molecule has 3 N–H and O–H groups in total. The largest absolute Gasteiger partial charge is 0.465 e. The summed E-state index contributed by atoms with van der Waals surface area (Å²) in [6, 6.07) is 3.58. The minimum Gasteiger partial charge on any atom is -0.465 e. The Morgan fingerprint density at radius 1 is 1.28 bits per heavy atom. The van der Waals surface area contributed by atoms with Crippen LogP contribution in [0.5, 0.6) is 0 Å². The van der Waals surface area contributed by atoms with Gasteiger partial charge in [0.1, 0.15) is 11.3 Å². The number of hydrogen-bond donors (Lipinski definition) is 3. The van der Waals surface area contributed by atoms with Crippen molar-refractivity contribution in [3.8, 4) is 0 Å². The molecule has 0 aliphatic carbocycles. The highest BCUT2D eigenvalue weighted by Crippen LogP contribution is 2.36. The second-order valence-electron chi connectivity index (χ2n) is 9.15. The van der Waals surface area contributed by atoms with Gasteiger partial charge in [-0.25, -0.2) is 14.8 Å². The molecule has 0 spiro atoms. The average Bonchev–Trinajstić information content (AvgIpc) is 3.16. The Hall–Kier alpha value is -2.72. The van der Waals surface area contributed by atoms with E-state index in [2.05, 4.69) is 57.0 Å². The molecule has 1 unspecified atom stereocenters. The molecule has 0 saturated carbocycles. The van der Waals surface area contributed by atoms with Crippen molar-refractivity contribution in [3.05, 3.63) is 46.6 Å². The summed E-state index contributed by atoms with van der Waals surface area (Å²) in [5.74, 6) is 0.567. The van der Waals surface area contributed by atoms with Gasteiger partial charge in [-0.15, -0.1) is 0 Å². The predicted octanol–water partition coefficient (Wildman–Crippen LogP) is 3.79. The van der Waals surface area contributed by atoms with Crippen molar-refractivity contribution >= 4 is 38.9 Å². The molecule has 0 radical (unpaired) electrons. The average molecular weight is 502 g/mol. The van der Waals surface area contributed by atoms with Gasteiger partial charge in [0, 0.05) is 51.3 Å². The van der Waals surface area contributed by atoms with E-state index in [9.17, 15) is 9.90 Å². The number of fused-ring (bicyclic) bond motifs is 1. The number of aromatic amines is 1. The van der Waals surface area contributed by atoms with Crippen LogP contribution in [0.3, 0.4) is 0 Å². The van der Waals surface area contributed by atoms with Gasteiger partial charge >= 0.3 is 6.09 Å². The van der Waals surface area contributed by atoms with E-state index >= 15 is 0 Å². The maximum Gasteiger partial charge on any atom is 0.405 e. The molecule has 0 bridgehead atoms. The lowest BCUT2D eigenvalue weighted by atomic mass is 9.86. The number of aromatic nitrogens is 4. The van der Waals surface area contributed by atoms with Crippen LogP contribution in [0.1, 0.15) is 38.2 Å². The number of nitrogens with one attached hydrogen (secondary N) is 2. The first kappa shape index (κ1) is 22.5. The SMILES string of the molecule is CC(C)(C)C(NC(=O)O)c1nc2ncc(Br)c(N3CCN(Cc4cccnc4)CC3)c2[nH]1. The number of amides is 1. The quantitative estimate of drug-likeness (QED) is 0.487. The number of nitrogens with zero attached hydrogens (tertiary/aromatic N) is 5. The van der Waals surface area contributed by atoms with E-state index in [1.165, 1.54) is 5.56 Å². The zero-order chi connectivity index (χ0) is 22.9. The van der Waals surface area contributed by atoms with Gasteiger partial charge in [0.2, 0.25) is 0 Å². The summed E-state index contributed by atoms with van der Waals surface area (Å²) in [5.41, 5.74) is 3.26. The van der Waals surface area contributed by atoms with Gasteiger partial charge in [-0.05, 0) is 33.0 Å². The number of carbonyl (C=O) groups is 1. The van der Waals surface area contributed by atoms with E-state index in [1.54, 1.807) is 12.4 Å². The predicted molar refractivity (Wildman–Crippen MR) is 127 cm³/mol. The molecule has 1 aliphatic rings. The number of pyridine rings is 2. The minimum atomic E-state index is -1.08. The third-order valence-electron chi connectivity index (χ3n) is 5.69. The first-order chi connectivity index (χ1) is 15.2. The van der Waals surface area contributed by atoms with Gasteiger partial charge in [0.15, 0.2) is 5.65 Å². The van der Waals surface area contributed by atoms with Crippen molar-refractivity contribution < 1.29 is 9.90 Å². The van der Waals surface area contributed by atoms with Crippen molar-refractivity contribution in [1.82, 2.24) is 30.2 Å². The maximum absolute atomic E-state index is 11.4. The summed E-state index contributed by atoms with van der Waals surface area (Å²) in [5, 5.41) is 11.9. The van der Waals surface area contributed by atoms with Crippen LogP contribution in [0.15, 0.2) is 35.2 Å². The van der Waals surface area contributed by atoms with Crippen LogP contribution in [0.2, 0.25) is 0 Å². The Morgan fingerprint density at radius 2 is 2.03 bits per heavy atom. The molecule has 1 aliphatic heterocycles. The van der Waals surface area contributed by atoms with E-state index in [0.717, 1.165) is 48.4 Å². The highest BCUT2D eigenvalue weighted by Gasteiger charge is 2.32. The molecule has 0 aromatic carbocycles. The van der Waals surface area contributed by atoms with Gasteiger partial charge < -0.3 is 20.3 Å². The molecule has 4 rings (SSSR count). The normalized spacial score (nSPS) is 16.3. The van der Waals surface area contributed by atoms with Crippen LogP contribution in [-0.4, -0.2) is 62.2 Å². The molecular formula is C22H28BrN7O2. The minimum absolute atomic E-state index is 0.360. The van der Waals surface area contributed by atoms with Crippen molar-refractivity contribution in [2.75, 3.05) is 31.1 Å². The summed E-state index contributed by atoms with van der Waals surface area (Å²) < 4.78 is 0.888. The second-order valence-corrected chi connectivity index (χ2v) is 10.0. The lowest BCUT2D eigenvalue weighted by Gasteiger charge is -2.36. The third-order valence-corrected chi connectivity index (χ3v) is 6.27. The zero-order valence-corrected chi connectivity index (χ0v) is 20.1. The molecule has 32 heavy (non-hydrogen) atoms. The lowest BCUT2D eigenvalue weighted by molar-refractivity contribution is 0.173. The molecule has 9 nitrogen and oxygen atoms in total. The van der Waals surface area contributed by atoms with Gasteiger partial charge in [0.05, 0.1) is 16.2 Å². The number of rotatable bonds is 5. The second kappa shape index (κ2) is 9.03. The maximum atomic E-state index is 11.4. The van der Waals surface area contributed by atoms with Crippen LogP contribution in [0, 0.1) is 5.41 Å². The van der Waals surface area contributed by atoms with E-state index in [0.29, 0.717) is 11.5 Å². The van der Waals surface area contributed by atoms with Crippen molar-refractivity contribution in [3.63, 3.8) is 0 Å². The van der Waals surface area contributed by atoms with Crippen LogP contribution < -0.4 is 10.2 Å². The fourth-order valence-corrected chi connectivity index (χ4v) is 4.63. The van der Waals surface area contributed by atoms with Crippen molar-refractivity contribution in [2.45, 2.75) is 33.4 Å². The first-order valence-corrected chi connectivity index (χ1v) is 11.4. The number of anilines is 1. The Bertz CT molecular complexity index is 1090. The molecule has 10 heteroatoms. The summed E-state index contributed by atoms with van der Waals surface area (Å²) in [6.07, 6.45) is 4.39.